The Morgan fingerprint density at radius 2 is 1.91 bits per heavy atom. The van der Waals surface area contributed by atoms with Crippen LogP contribution in [-0.2, 0) is 0 Å². The molecule has 3 aromatic rings. The molecule has 0 spiro atoms. The Hall–Kier alpha value is -3.08. The van der Waals surface area contributed by atoms with Gasteiger partial charge in [0.25, 0.3) is 5.91 Å². The number of aromatic hydroxyl groups is 1. The number of para-hydroxylation sites is 1. The fourth-order valence-electron chi connectivity index (χ4n) is 2.25. The molecule has 110 valence electrons. The molecule has 1 aromatic heterocycles. The van der Waals surface area contributed by atoms with E-state index in [1.165, 1.54) is 6.07 Å². The minimum Gasteiger partial charge on any atom is -0.505 e. The Kier molecular flexibility index (Phi) is 3.39. The van der Waals surface area contributed by atoms with E-state index in [-0.39, 0.29) is 17.2 Å². The van der Waals surface area contributed by atoms with Crippen molar-refractivity contribution in [1.29, 1.82) is 0 Å². The summed E-state index contributed by atoms with van der Waals surface area (Å²) in [6.45, 7) is 1.76. The molecule has 0 unspecified atom stereocenters. The van der Waals surface area contributed by atoms with Crippen molar-refractivity contribution in [3.63, 3.8) is 0 Å². The molecule has 5 heteroatoms. The van der Waals surface area contributed by atoms with E-state index in [1.54, 1.807) is 49.4 Å². The molecule has 1 heterocycles. The second kappa shape index (κ2) is 5.37. The summed E-state index contributed by atoms with van der Waals surface area (Å²) in [6, 6.07) is 13.3. The van der Waals surface area contributed by atoms with E-state index in [4.69, 9.17) is 0 Å². The summed E-state index contributed by atoms with van der Waals surface area (Å²) >= 11 is 0. The van der Waals surface area contributed by atoms with E-state index in [0.717, 1.165) is 5.39 Å². The largest absolute Gasteiger partial charge is 0.505 e. The van der Waals surface area contributed by atoms with Gasteiger partial charge in [0, 0.05) is 17.1 Å². The number of phenolic OH excluding ortho intramolecular Hbond substituents is 1. The Balaban J connectivity index is 1.95. The molecule has 0 atom stereocenters. The summed E-state index contributed by atoms with van der Waals surface area (Å²) in [5, 5.41) is 13.4. The predicted molar refractivity (Wildman–Crippen MR) is 85.4 cm³/mol. The van der Waals surface area contributed by atoms with Crippen molar-refractivity contribution in [3.8, 4) is 5.75 Å². The molecule has 3 rings (SSSR count). The van der Waals surface area contributed by atoms with Gasteiger partial charge < -0.3 is 15.4 Å². The molecule has 0 fully saturated rings. The highest BCUT2D eigenvalue weighted by molar-refractivity contribution is 6.06. The third-order valence-electron chi connectivity index (χ3n) is 3.47. The first-order chi connectivity index (χ1) is 10.5. The van der Waals surface area contributed by atoms with Crippen LogP contribution in [0.25, 0.3) is 10.9 Å². The summed E-state index contributed by atoms with van der Waals surface area (Å²) in [7, 11) is 0. The second-order valence-electron chi connectivity index (χ2n) is 5.05. The van der Waals surface area contributed by atoms with Crippen LogP contribution in [0.2, 0.25) is 0 Å². The minimum absolute atomic E-state index is 0.0463. The van der Waals surface area contributed by atoms with Gasteiger partial charge in [0.1, 0.15) is 5.75 Å². The van der Waals surface area contributed by atoms with E-state index >= 15 is 0 Å². The number of pyridine rings is 1. The number of rotatable bonds is 2. The number of H-pyrrole nitrogens is 1. The summed E-state index contributed by atoms with van der Waals surface area (Å²) < 4.78 is 0. The monoisotopic (exact) mass is 294 g/mol. The third-order valence-corrected chi connectivity index (χ3v) is 3.47. The average molecular weight is 294 g/mol. The average Bonchev–Trinajstić information content (AvgIpc) is 2.51. The van der Waals surface area contributed by atoms with Crippen LogP contribution in [0.15, 0.2) is 53.3 Å². The Bertz CT molecular complexity index is 929. The van der Waals surface area contributed by atoms with E-state index in [9.17, 15) is 14.7 Å². The molecule has 0 aliphatic rings. The number of aromatic nitrogens is 1. The standard InChI is InChI=1S/C17H14N2O3/c1-10-3-2-4-13(16(10)21)19-17(22)12-6-5-11-7-8-15(20)18-14(11)9-12/h2-9,21H,1H3,(H,18,20)(H,19,22). The molecule has 0 bridgehead atoms. The summed E-state index contributed by atoms with van der Waals surface area (Å²) in [5.74, 6) is -0.308. The molecule has 0 radical (unpaired) electrons. The van der Waals surface area contributed by atoms with Crippen molar-refractivity contribution in [2.24, 2.45) is 0 Å². The lowest BCUT2D eigenvalue weighted by Crippen LogP contribution is -2.12. The normalized spacial score (nSPS) is 10.6. The van der Waals surface area contributed by atoms with Crippen LogP contribution < -0.4 is 10.9 Å². The highest BCUT2D eigenvalue weighted by Gasteiger charge is 2.10. The van der Waals surface area contributed by atoms with Gasteiger partial charge in [-0.1, -0.05) is 18.2 Å². The quantitative estimate of drug-likeness (QED) is 0.636. The summed E-state index contributed by atoms with van der Waals surface area (Å²) in [6.07, 6.45) is 0. The molecule has 0 saturated carbocycles. The first kappa shape index (κ1) is 13.9. The number of aromatic amines is 1. The highest BCUT2D eigenvalue weighted by atomic mass is 16.3. The number of nitrogens with one attached hydrogen (secondary N) is 2. The number of aryl methyl sites for hydroxylation is 1. The summed E-state index contributed by atoms with van der Waals surface area (Å²) in [5.41, 5.74) is 1.80. The molecular formula is C17H14N2O3. The number of phenols is 1. The minimum atomic E-state index is -0.354. The van der Waals surface area contributed by atoms with Gasteiger partial charge in [-0.3, -0.25) is 9.59 Å². The van der Waals surface area contributed by atoms with Crippen molar-refractivity contribution in [3.05, 3.63) is 70.0 Å². The number of benzene rings is 2. The molecule has 5 nitrogen and oxygen atoms in total. The maximum absolute atomic E-state index is 12.3. The number of hydrogen-bond donors (Lipinski definition) is 3. The van der Waals surface area contributed by atoms with Crippen LogP contribution in [0.5, 0.6) is 5.75 Å². The van der Waals surface area contributed by atoms with Gasteiger partial charge >= 0.3 is 0 Å². The van der Waals surface area contributed by atoms with E-state index in [1.807, 2.05) is 0 Å². The van der Waals surface area contributed by atoms with Crippen molar-refractivity contribution < 1.29 is 9.90 Å². The number of carbonyl (C=O) groups excluding carboxylic acids is 1. The summed E-state index contributed by atoms with van der Waals surface area (Å²) in [4.78, 5) is 26.3. The van der Waals surface area contributed by atoms with Gasteiger partial charge in [-0.05, 0) is 42.1 Å². The van der Waals surface area contributed by atoms with Crippen molar-refractivity contribution in [2.45, 2.75) is 6.92 Å². The SMILES string of the molecule is Cc1cccc(NC(=O)c2ccc3ccc(=O)[nH]c3c2)c1O. The lowest BCUT2D eigenvalue weighted by atomic mass is 10.1. The molecule has 1 amide bonds. The second-order valence-corrected chi connectivity index (χ2v) is 5.05. The smallest absolute Gasteiger partial charge is 0.255 e. The van der Waals surface area contributed by atoms with Crippen LogP contribution in [-0.4, -0.2) is 16.0 Å². The maximum atomic E-state index is 12.3. The molecular weight excluding hydrogens is 280 g/mol. The number of fused-ring (bicyclic) bond motifs is 1. The van der Waals surface area contributed by atoms with Gasteiger partial charge in [-0.15, -0.1) is 0 Å². The fraction of sp³-hybridized carbons (Fsp3) is 0.0588. The zero-order valence-corrected chi connectivity index (χ0v) is 11.9. The van der Waals surface area contributed by atoms with Crippen LogP contribution in [0, 0.1) is 6.92 Å². The van der Waals surface area contributed by atoms with Crippen molar-refractivity contribution in [1.82, 2.24) is 4.98 Å². The highest BCUT2D eigenvalue weighted by Crippen LogP contribution is 2.27. The van der Waals surface area contributed by atoms with E-state index < -0.39 is 0 Å². The van der Waals surface area contributed by atoms with Gasteiger partial charge in [0.15, 0.2) is 0 Å². The van der Waals surface area contributed by atoms with E-state index in [2.05, 4.69) is 10.3 Å². The number of amides is 1. The van der Waals surface area contributed by atoms with Crippen LogP contribution >= 0.6 is 0 Å². The van der Waals surface area contributed by atoms with Gasteiger partial charge in [0.2, 0.25) is 5.56 Å². The topological polar surface area (TPSA) is 82.2 Å². The number of anilines is 1. The van der Waals surface area contributed by atoms with Gasteiger partial charge in [-0.2, -0.15) is 0 Å². The molecule has 0 aliphatic heterocycles. The molecule has 3 N–H and O–H groups in total. The van der Waals surface area contributed by atoms with Crippen molar-refractivity contribution >= 4 is 22.5 Å². The Morgan fingerprint density at radius 3 is 2.73 bits per heavy atom. The van der Waals surface area contributed by atoms with Gasteiger partial charge in [-0.25, -0.2) is 0 Å². The predicted octanol–water partition coefficient (Wildman–Crippen LogP) is 2.79. The molecule has 2 aromatic carbocycles. The molecule has 0 saturated heterocycles. The molecule has 0 aliphatic carbocycles. The maximum Gasteiger partial charge on any atom is 0.255 e. The zero-order chi connectivity index (χ0) is 15.7. The van der Waals surface area contributed by atoms with Crippen LogP contribution in [0.4, 0.5) is 5.69 Å². The third kappa shape index (κ3) is 2.56. The molecule has 22 heavy (non-hydrogen) atoms. The lowest BCUT2D eigenvalue weighted by molar-refractivity contribution is 0.102. The van der Waals surface area contributed by atoms with E-state index in [0.29, 0.717) is 22.3 Å². The van der Waals surface area contributed by atoms with Crippen molar-refractivity contribution in [2.75, 3.05) is 5.32 Å². The fourth-order valence-corrected chi connectivity index (χ4v) is 2.25. The van der Waals surface area contributed by atoms with Gasteiger partial charge in [0.05, 0.1) is 5.69 Å². The van der Waals surface area contributed by atoms with Crippen LogP contribution in [0.1, 0.15) is 15.9 Å². The first-order valence-electron chi connectivity index (χ1n) is 6.77. The Morgan fingerprint density at radius 1 is 1.14 bits per heavy atom. The Labute approximate surface area is 126 Å². The lowest BCUT2D eigenvalue weighted by Gasteiger charge is -2.09. The zero-order valence-electron chi connectivity index (χ0n) is 11.9. The number of hydrogen-bond acceptors (Lipinski definition) is 3. The number of carbonyl (C=O) groups is 1. The first-order valence-corrected chi connectivity index (χ1v) is 6.77. The van der Waals surface area contributed by atoms with Crippen LogP contribution in [0.3, 0.4) is 0 Å².